The van der Waals surface area contributed by atoms with E-state index < -0.39 is 0 Å². The molecule has 0 spiro atoms. The first-order valence-corrected chi connectivity index (χ1v) is 26.8. The minimum Gasteiger partial charge on any atom is -0.256 e. The zero-order chi connectivity index (χ0) is 52.0. The van der Waals surface area contributed by atoms with Gasteiger partial charge in [0.25, 0.3) is 0 Å². The SMILES string of the molecule is c1ccc(-c2ccc(-c3c(-c4ccc(-c5ccccc5)cc4)c(-c4ccccc4)c(-c4ccccc4-c4cccc(-c5ccccn5)c4)c(-c4ccc(-c5ccccc5)cc4)c3-c3ccc(-c4ccccc4)cc3)cc2)cc1. The molecule has 0 saturated carbocycles. The predicted octanol–water partition coefficient (Wildman–Crippen LogP) is 21.1. The Labute approximate surface area is 457 Å². The maximum Gasteiger partial charge on any atom is 0.0702 e. The molecule has 1 heterocycles. The molecule has 0 unspecified atom stereocenters. The number of nitrogens with zero attached hydrogens (tertiary/aromatic N) is 1. The van der Waals surface area contributed by atoms with Crippen molar-refractivity contribution in [3.63, 3.8) is 0 Å². The molecule has 0 aliphatic carbocycles. The van der Waals surface area contributed by atoms with Crippen molar-refractivity contribution in [2.24, 2.45) is 0 Å². The first-order chi connectivity index (χ1) is 38.7. The summed E-state index contributed by atoms with van der Waals surface area (Å²) in [4.78, 5) is 4.80. The predicted molar refractivity (Wildman–Crippen MR) is 329 cm³/mol. The van der Waals surface area contributed by atoms with Gasteiger partial charge < -0.3 is 0 Å². The molecule has 78 heavy (non-hydrogen) atoms. The molecule has 0 N–H and O–H groups in total. The molecule has 0 bridgehead atoms. The molecule has 12 aromatic carbocycles. The van der Waals surface area contributed by atoms with Gasteiger partial charge in [0.2, 0.25) is 0 Å². The number of hydrogen-bond acceptors (Lipinski definition) is 1. The molecule has 0 amide bonds. The molecular weight excluding hydrogens is 939 g/mol. The van der Waals surface area contributed by atoms with Gasteiger partial charge in [-0.2, -0.15) is 0 Å². The van der Waals surface area contributed by atoms with E-state index in [9.17, 15) is 0 Å². The average Bonchev–Trinajstić information content (AvgIpc) is 3.71. The Morgan fingerprint density at radius 2 is 0.410 bits per heavy atom. The summed E-state index contributed by atoms with van der Waals surface area (Å²) in [6, 6.07) is 115. The zero-order valence-electron chi connectivity index (χ0n) is 43.0. The molecule has 1 nitrogen and oxygen atoms in total. The van der Waals surface area contributed by atoms with E-state index in [-0.39, 0.29) is 0 Å². The van der Waals surface area contributed by atoms with Crippen LogP contribution in [0.1, 0.15) is 0 Å². The normalized spacial score (nSPS) is 11.1. The summed E-state index contributed by atoms with van der Waals surface area (Å²) in [5.74, 6) is 0. The highest BCUT2D eigenvalue weighted by molar-refractivity contribution is 6.16. The fourth-order valence-corrected chi connectivity index (χ4v) is 11.2. The Balaban J connectivity index is 1.20. The number of benzene rings is 12. The smallest absolute Gasteiger partial charge is 0.0702 e. The van der Waals surface area contributed by atoms with E-state index in [0.29, 0.717) is 0 Å². The van der Waals surface area contributed by atoms with E-state index >= 15 is 0 Å². The molecule has 0 aliphatic heterocycles. The maximum atomic E-state index is 4.80. The average molecular weight is 992 g/mol. The number of aromatic nitrogens is 1. The van der Waals surface area contributed by atoms with Crippen molar-refractivity contribution in [1.82, 2.24) is 4.98 Å². The minimum absolute atomic E-state index is 0.936. The van der Waals surface area contributed by atoms with Crippen LogP contribution < -0.4 is 0 Å². The van der Waals surface area contributed by atoms with Gasteiger partial charge in [0.15, 0.2) is 0 Å². The largest absolute Gasteiger partial charge is 0.256 e. The third kappa shape index (κ3) is 9.47. The van der Waals surface area contributed by atoms with E-state index in [1.165, 1.54) is 33.4 Å². The van der Waals surface area contributed by atoms with Crippen LogP contribution >= 0.6 is 0 Å². The molecular formula is C77H53N. The van der Waals surface area contributed by atoms with Crippen LogP contribution in [-0.2, 0) is 0 Å². The third-order valence-electron chi connectivity index (χ3n) is 15.0. The van der Waals surface area contributed by atoms with Crippen LogP contribution in [-0.4, -0.2) is 4.98 Å². The maximum absolute atomic E-state index is 4.80. The second kappa shape index (κ2) is 21.6. The van der Waals surface area contributed by atoms with Gasteiger partial charge in [0.05, 0.1) is 5.69 Å². The molecule has 366 valence electrons. The van der Waals surface area contributed by atoms with Crippen molar-refractivity contribution in [2.45, 2.75) is 0 Å². The monoisotopic (exact) mass is 991 g/mol. The van der Waals surface area contributed by atoms with Crippen LogP contribution in [0, 0.1) is 0 Å². The van der Waals surface area contributed by atoms with Gasteiger partial charge in [0.1, 0.15) is 0 Å². The van der Waals surface area contributed by atoms with Gasteiger partial charge in [-0.15, -0.1) is 0 Å². The zero-order valence-corrected chi connectivity index (χ0v) is 43.0. The molecule has 1 aromatic heterocycles. The molecule has 0 aliphatic rings. The third-order valence-corrected chi connectivity index (χ3v) is 15.0. The summed E-state index contributed by atoms with van der Waals surface area (Å²) in [6.07, 6.45) is 1.87. The van der Waals surface area contributed by atoms with Crippen LogP contribution in [0.3, 0.4) is 0 Å². The molecule has 13 rings (SSSR count). The molecule has 0 fully saturated rings. The highest BCUT2D eigenvalue weighted by Gasteiger charge is 2.30. The number of rotatable bonds is 12. The molecule has 0 atom stereocenters. The quantitative estimate of drug-likeness (QED) is 0.119. The van der Waals surface area contributed by atoms with Crippen molar-refractivity contribution in [2.75, 3.05) is 0 Å². The standard InChI is InChI=1S/C77H53N/c1-6-21-54(22-7-1)58-36-44-63(45-37-58)72-73(64-46-38-59(39-47-64)55-23-8-2-9-24-55)75(62-29-14-5-15-30-62)77(70-34-17-16-33-69(70)67-31-20-32-68(53-67)71-35-18-19-52-78-71)76(66-50-42-61(43-51-66)57-27-12-4-13-28-57)74(72)65-48-40-60(41-49-65)56-25-10-3-11-26-56/h1-53H. The topological polar surface area (TPSA) is 12.9 Å². The van der Waals surface area contributed by atoms with Crippen LogP contribution in [0.2, 0.25) is 0 Å². The molecule has 0 saturated heterocycles. The van der Waals surface area contributed by atoms with Gasteiger partial charge >= 0.3 is 0 Å². The summed E-state index contributed by atoms with van der Waals surface area (Å²) < 4.78 is 0. The molecule has 0 radical (unpaired) electrons. The lowest BCUT2D eigenvalue weighted by Crippen LogP contribution is -2.03. The summed E-state index contributed by atoms with van der Waals surface area (Å²) in [5, 5.41) is 0. The van der Waals surface area contributed by atoms with E-state index in [1.807, 2.05) is 12.3 Å². The lowest BCUT2D eigenvalue weighted by atomic mass is 9.73. The van der Waals surface area contributed by atoms with Crippen molar-refractivity contribution < 1.29 is 0 Å². The van der Waals surface area contributed by atoms with Gasteiger partial charge in [0, 0.05) is 11.8 Å². The van der Waals surface area contributed by atoms with Crippen molar-refractivity contribution in [1.29, 1.82) is 0 Å². The Hall–Kier alpha value is -10.2. The van der Waals surface area contributed by atoms with E-state index in [1.54, 1.807) is 0 Å². The van der Waals surface area contributed by atoms with Crippen LogP contribution in [0.15, 0.2) is 322 Å². The van der Waals surface area contributed by atoms with E-state index in [4.69, 9.17) is 4.98 Å². The van der Waals surface area contributed by atoms with E-state index in [2.05, 4.69) is 309 Å². The van der Waals surface area contributed by atoms with Gasteiger partial charge in [-0.05, 0) is 141 Å². The Morgan fingerprint density at radius 3 is 0.769 bits per heavy atom. The first kappa shape index (κ1) is 47.5. The van der Waals surface area contributed by atoms with Crippen molar-refractivity contribution in [3.8, 4) is 134 Å². The summed E-state index contributed by atoms with van der Waals surface area (Å²) in [5.41, 5.74) is 27.3. The lowest BCUT2D eigenvalue weighted by Gasteiger charge is -2.30. The highest BCUT2D eigenvalue weighted by atomic mass is 14.7. The fourth-order valence-electron chi connectivity index (χ4n) is 11.2. The fraction of sp³-hybridized carbons (Fsp3) is 0. The second-order valence-corrected chi connectivity index (χ2v) is 19.7. The highest BCUT2D eigenvalue weighted by Crippen LogP contribution is 2.57. The lowest BCUT2D eigenvalue weighted by molar-refractivity contribution is 1.33. The Morgan fingerprint density at radius 1 is 0.154 bits per heavy atom. The van der Waals surface area contributed by atoms with Crippen LogP contribution in [0.25, 0.3) is 134 Å². The second-order valence-electron chi connectivity index (χ2n) is 19.7. The molecule has 13 aromatic rings. The van der Waals surface area contributed by atoms with Gasteiger partial charge in [-0.1, -0.05) is 297 Å². The number of hydrogen-bond donors (Lipinski definition) is 0. The summed E-state index contributed by atoms with van der Waals surface area (Å²) in [7, 11) is 0. The first-order valence-electron chi connectivity index (χ1n) is 26.8. The number of pyridine rings is 1. The minimum atomic E-state index is 0.936. The van der Waals surface area contributed by atoms with Crippen molar-refractivity contribution in [3.05, 3.63) is 322 Å². The van der Waals surface area contributed by atoms with E-state index in [0.717, 1.165) is 100 Å². The molecule has 1 heteroatoms. The summed E-state index contributed by atoms with van der Waals surface area (Å²) in [6.45, 7) is 0. The summed E-state index contributed by atoms with van der Waals surface area (Å²) >= 11 is 0. The van der Waals surface area contributed by atoms with Crippen LogP contribution in [0.5, 0.6) is 0 Å². The van der Waals surface area contributed by atoms with Gasteiger partial charge in [-0.25, -0.2) is 0 Å². The Bertz CT molecular complexity index is 4140. The Kier molecular flexibility index (Phi) is 13.1. The van der Waals surface area contributed by atoms with Crippen molar-refractivity contribution >= 4 is 0 Å². The van der Waals surface area contributed by atoms with Crippen LogP contribution in [0.4, 0.5) is 0 Å². The van der Waals surface area contributed by atoms with Gasteiger partial charge in [-0.3, -0.25) is 4.98 Å².